The predicted molar refractivity (Wildman–Crippen MR) is 75.6 cm³/mol. The van der Waals surface area contributed by atoms with Crippen LogP contribution >= 0.6 is 0 Å². The van der Waals surface area contributed by atoms with Crippen LogP contribution in [0.4, 0.5) is 0 Å². The molecular weight excluding hydrogens is 192 g/mol. The molecule has 16 heavy (non-hydrogen) atoms. The Balaban J connectivity index is 0.00000106. The zero-order valence-electron chi connectivity index (χ0n) is 11.8. The maximum absolute atomic E-state index is 3.97. The minimum Gasteiger partial charge on any atom is -0.0988 e. The molecule has 1 fully saturated rings. The van der Waals surface area contributed by atoms with Crippen molar-refractivity contribution in [1.82, 2.24) is 0 Å². The van der Waals surface area contributed by atoms with Crippen LogP contribution in [0.2, 0.25) is 0 Å². The van der Waals surface area contributed by atoms with Crippen LogP contribution in [-0.2, 0) is 0 Å². The Morgan fingerprint density at radius 1 is 1.25 bits per heavy atom. The molecule has 0 aromatic rings. The van der Waals surface area contributed by atoms with Crippen molar-refractivity contribution in [2.24, 2.45) is 5.41 Å². The number of hydrogen-bond acceptors (Lipinski definition) is 0. The zero-order valence-corrected chi connectivity index (χ0v) is 11.8. The summed E-state index contributed by atoms with van der Waals surface area (Å²) in [6.45, 7) is 14.6. The van der Waals surface area contributed by atoms with Gasteiger partial charge < -0.3 is 0 Å². The fraction of sp³-hybridized carbons (Fsp3) is 0.625. The highest BCUT2D eigenvalue weighted by Crippen LogP contribution is 2.56. The summed E-state index contributed by atoms with van der Waals surface area (Å²) in [5.41, 5.74) is 3.47. The lowest BCUT2D eigenvalue weighted by molar-refractivity contribution is 0.591. The maximum Gasteiger partial charge on any atom is -0.00464 e. The van der Waals surface area contributed by atoms with Crippen LogP contribution in [0, 0.1) is 5.41 Å². The molecule has 1 rings (SSSR count). The molecule has 1 aliphatic rings. The molecule has 1 saturated carbocycles. The van der Waals surface area contributed by atoms with E-state index in [-0.39, 0.29) is 0 Å². The van der Waals surface area contributed by atoms with E-state index in [1.54, 1.807) is 0 Å². The highest BCUT2D eigenvalue weighted by Gasteiger charge is 2.43. The van der Waals surface area contributed by atoms with Crippen molar-refractivity contribution < 1.29 is 0 Å². The third kappa shape index (κ3) is 3.37. The van der Waals surface area contributed by atoms with E-state index in [1.165, 1.54) is 30.4 Å². The predicted octanol–water partition coefficient (Wildman–Crippen LogP) is 5.67. The summed E-state index contributed by atoms with van der Waals surface area (Å²) in [5, 5.41) is 0. The van der Waals surface area contributed by atoms with E-state index in [4.69, 9.17) is 0 Å². The summed E-state index contributed by atoms with van der Waals surface area (Å²) >= 11 is 0. The summed E-state index contributed by atoms with van der Waals surface area (Å²) in [7, 11) is 0. The molecule has 0 radical (unpaired) electrons. The van der Waals surface area contributed by atoms with Crippen LogP contribution in [0.5, 0.6) is 0 Å². The fourth-order valence-electron chi connectivity index (χ4n) is 2.25. The molecule has 0 aliphatic heterocycles. The van der Waals surface area contributed by atoms with Crippen molar-refractivity contribution in [2.75, 3.05) is 0 Å². The van der Waals surface area contributed by atoms with Gasteiger partial charge in [0, 0.05) is 0 Å². The van der Waals surface area contributed by atoms with Gasteiger partial charge in [-0.15, -0.1) is 0 Å². The van der Waals surface area contributed by atoms with E-state index >= 15 is 0 Å². The first-order valence-corrected chi connectivity index (χ1v) is 6.72. The third-order valence-corrected chi connectivity index (χ3v) is 3.40. The minimum atomic E-state index is 0.493. The second-order valence-corrected chi connectivity index (χ2v) is 4.13. The van der Waals surface area contributed by atoms with E-state index in [1.807, 2.05) is 13.8 Å². The van der Waals surface area contributed by atoms with Gasteiger partial charge in [0.25, 0.3) is 0 Å². The molecular formula is C16H28. The Kier molecular flexibility index (Phi) is 7.12. The third-order valence-electron chi connectivity index (χ3n) is 3.40. The van der Waals surface area contributed by atoms with Crippen LogP contribution in [-0.4, -0.2) is 0 Å². The van der Waals surface area contributed by atoms with Crippen molar-refractivity contribution in [3.05, 3.63) is 36.0 Å². The van der Waals surface area contributed by atoms with Gasteiger partial charge in [0.05, 0.1) is 0 Å². The van der Waals surface area contributed by atoms with E-state index < -0.39 is 0 Å². The van der Waals surface area contributed by atoms with Crippen molar-refractivity contribution in [3.8, 4) is 0 Å². The second kappa shape index (κ2) is 7.49. The van der Waals surface area contributed by atoms with Gasteiger partial charge in [0.1, 0.15) is 0 Å². The van der Waals surface area contributed by atoms with Gasteiger partial charge in [-0.1, -0.05) is 52.5 Å². The van der Waals surface area contributed by atoms with Crippen molar-refractivity contribution >= 4 is 0 Å². The Bertz CT molecular complexity index is 262. The van der Waals surface area contributed by atoms with Gasteiger partial charge in [-0.2, -0.15) is 0 Å². The number of rotatable bonds is 5. The van der Waals surface area contributed by atoms with Gasteiger partial charge in [-0.25, -0.2) is 0 Å². The topological polar surface area (TPSA) is 0 Å². The molecule has 0 atom stereocenters. The quantitative estimate of drug-likeness (QED) is 0.523. The lowest BCUT2D eigenvalue weighted by Crippen LogP contribution is -2.03. The molecule has 92 valence electrons. The Morgan fingerprint density at radius 2 is 1.81 bits per heavy atom. The smallest absolute Gasteiger partial charge is 0.00464 e. The normalized spacial score (nSPS) is 18.6. The molecule has 1 aliphatic carbocycles. The Morgan fingerprint density at radius 3 is 2.06 bits per heavy atom. The van der Waals surface area contributed by atoms with Crippen LogP contribution in [0.3, 0.4) is 0 Å². The standard InChI is InChI=1S/C14H22.C2H6/c1-5-9-12(6-2)13(7-3)14(8-4)10-11-14;1-2/h5,7,9H,3,6,8,10-11H2,1-2,4H3;1-2H3/b9-5-,13-12+;. The van der Waals surface area contributed by atoms with Crippen LogP contribution in [0.25, 0.3) is 0 Å². The van der Waals surface area contributed by atoms with Crippen LogP contribution in [0.1, 0.15) is 60.3 Å². The molecule has 0 spiro atoms. The van der Waals surface area contributed by atoms with Gasteiger partial charge in [0.15, 0.2) is 0 Å². The summed E-state index contributed by atoms with van der Waals surface area (Å²) in [6.07, 6.45) is 11.5. The largest absolute Gasteiger partial charge is 0.0988 e. The van der Waals surface area contributed by atoms with E-state index in [0.29, 0.717) is 5.41 Å². The van der Waals surface area contributed by atoms with Gasteiger partial charge >= 0.3 is 0 Å². The summed E-state index contributed by atoms with van der Waals surface area (Å²) < 4.78 is 0. The first-order valence-electron chi connectivity index (χ1n) is 6.72. The molecule has 0 amide bonds. The zero-order chi connectivity index (χ0) is 12.6. The highest BCUT2D eigenvalue weighted by molar-refractivity contribution is 5.40. The Hall–Kier alpha value is -0.780. The number of hydrogen-bond donors (Lipinski definition) is 0. The van der Waals surface area contributed by atoms with E-state index in [2.05, 4.69) is 45.6 Å². The first kappa shape index (κ1) is 15.2. The maximum atomic E-state index is 3.97. The Labute approximate surface area is 102 Å². The van der Waals surface area contributed by atoms with Crippen molar-refractivity contribution in [2.45, 2.75) is 60.3 Å². The van der Waals surface area contributed by atoms with Gasteiger partial charge in [-0.05, 0) is 49.2 Å². The molecule has 0 N–H and O–H groups in total. The fourth-order valence-corrected chi connectivity index (χ4v) is 2.25. The molecule has 0 bridgehead atoms. The molecule has 0 nitrogen and oxygen atoms in total. The van der Waals surface area contributed by atoms with Gasteiger partial charge in [0.2, 0.25) is 0 Å². The molecule has 0 heteroatoms. The van der Waals surface area contributed by atoms with Crippen molar-refractivity contribution in [3.63, 3.8) is 0 Å². The van der Waals surface area contributed by atoms with Gasteiger partial charge in [-0.3, -0.25) is 0 Å². The van der Waals surface area contributed by atoms with Crippen LogP contribution in [0.15, 0.2) is 36.0 Å². The summed E-state index contributed by atoms with van der Waals surface area (Å²) in [6, 6.07) is 0. The SMILES string of the molecule is C=C/C(=C(\C=C/C)CC)C1(CC)CC1.CC. The average molecular weight is 220 g/mol. The lowest BCUT2D eigenvalue weighted by Gasteiger charge is -2.17. The first-order chi connectivity index (χ1) is 7.74. The number of allylic oxidation sites excluding steroid dienone is 5. The average Bonchev–Trinajstić information content (AvgIpc) is 3.12. The molecule has 0 aromatic heterocycles. The monoisotopic (exact) mass is 220 g/mol. The van der Waals surface area contributed by atoms with Crippen molar-refractivity contribution in [1.29, 1.82) is 0 Å². The van der Waals surface area contributed by atoms with Crippen LogP contribution < -0.4 is 0 Å². The lowest BCUT2D eigenvalue weighted by atomic mass is 9.87. The van der Waals surface area contributed by atoms with E-state index in [0.717, 1.165) is 6.42 Å². The molecule has 0 saturated heterocycles. The molecule has 0 aromatic carbocycles. The summed E-state index contributed by atoms with van der Waals surface area (Å²) in [4.78, 5) is 0. The second-order valence-electron chi connectivity index (χ2n) is 4.13. The summed E-state index contributed by atoms with van der Waals surface area (Å²) in [5.74, 6) is 0. The minimum absolute atomic E-state index is 0.493. The molecule has 0 heterocycles. The molecule has 0 unspecified atom stereocenters. The highest BCUT2D eigenvalue weighted by atomic mass is 14.5. The van der Waals surface area contributed by atoms with E-state index in [9.17, 15) is 0 Å².